The number of carbonyl (C=O) groups is 2. The summed E-state index contributed by atoms with van der Waals surface area (Å²) in [6.07, 6.45) is 0.622. The molecule has 1 aromatic rings. The van der Waals surface area contributed by atoms with Crippen LogP contribution in [0.25, 0.3) is 0 Å². The van der Waals surface area contributed by atoms with Crippen molar-refractivity contribution in [3.05, 3.63) is 20.3 Å². The summed E-state index contributed by atoms with van der Waals surface area (Å²) in [5.41, 5.74) is 1.02. The van der Waals surface area contributed by atoms with E-state index >= 15 is 0 Å². The largest absolute Gasteiger partial charge is 0.357 e. The number of nitrogens with one attached hydrogen (secondary N) is 2. The van der Waals surface area contributed by atoms with Gasteiger partial charge in [0.05, 0.1) is 8.66 Å². The van der Waals surface area contributed by atoms with Gasteiger partial charge in [0.1, 0.15) is 6.04 Å². The van der Waals surface area contributed by atoms with Crippen LogP contribution in [0, 0.1) is 12.8 Å². The van der Waals surface area contributed by atoms with E-state index in [1.807, 2.05) is 26.8 Å². The van der Waals surface area contributed by atoms with Gasteiger partial charge in [-0.05, 0) is 46.8 Å². The fraction of sp³-hybridized carbons (Fsp3) is 0.538. The number of carbonyl (C=O) groups excluding carboxylic acids is 2. The molecule has 0 fully saturated rings. The normalized spacial score (nSPS) is 12.3. The Bertz CT molecular complexity index is 452. The number of hydrogen-bond acceptors (Lipinski definition) is 3. The summed E-state index contributed by atoms with van der Waals surface area (Å²) in [5.74, 6) is -0.0261. The summed E-state index contributed by atoms with van der Waals surface area (Å²) >= 11 is 4.77. The molecule has 1 heterocycles. The molecule has 1 atom stereocenters. The van der Waals surface area contributed by atoms with Crippen molar-refractivity contribution in [3.63, 3.8) is 0 Å². The Morgan fingerprint density at radius 3 is 2.47 bits per heavy atom. The van der Waals surface area contributed by atoms with Crippen molar-refractivity contribution < 1.29 is 9.59 Å². The summed E-state index contributed by atoms with van der Waals surface area (Å²) in [4.78, 5) is 24.5. The Balaban J connectivity index is 2.78. The molecule has 0 aliphatic rings. The van der Waals surface area contributed by atoms with Crippen molar-refractivity contribution in [2.75, 3.05) is 7.05 Å². The van der Waals surface area contributed by atoms with Gasteiger partial charge in [-0.3, -0.25) is 9.59 Å². The van der Waals surface area contributed by atoms with E-state index in [9.17, 15) is 9.59 Å². The van der Waals surface area contributed by atoms with Gasteiger partial charge in [0.2, 0.25) is 5.91 Å². The predicted octanol–water partition coefficient (Wildman–Crippen LogP) is 2.71. The number of likely N-dealkylation sites (N-methyl/N-ethyl adjacent to an activating group) is 1. The molecular formula is C13H19BrN2O2S. The number of aryl methyl sites for hydroxylation is 1. The predicted molar refractivity (Wildman–Crippen MR) is 81.5 cm³/mol. The van der Waals surface area contributed by atoms with Crippen LogP contribution in [0.5, 0.6) is 0 Å². The van der Waals surface area contributed by atoms with Crippen molar-refractivity contribution in [1.29, 1.82) is 0 Å². The Morgan fingerprint density at radius 1 is 1.42 bits per heavy atom. The third-order valence-electron chi connectivity index (χ3n) is 2.66. The van der Waals surface area contributed by atoms with Gasteiger partial charge in [0.15, 0.2) is 0 Å². The fourth-order valence-electron chi connectivity index (χ4n) is 1.68. The number of amides is 2. The standard InChI is InChI=1S/C13H19BrN2O2S/c1-7(2)5-9(12(17)15-4)16-13(18)10-6-8(3)11(14)19-10/h6-7,9H,5H2,1-4H3,(H,15,17)(H,16,18). The molecule has 1 aromatic heterocycles. The average Bonchev–Trinajstić information content (AvgIpc) is 2.67. The van der Waals surface area contributed by atoms with Gasteiger partial charge in [-0.1, -0.05) is 13.8 Å². The van der Waals surface area contributed by atoms with Crippen LogP contribution in [0.1, 0.15) is 35.5 Å². The summed E-state index contributed by atoms with van der Waals surface area (Å²) in [7, 11) is 1.58. The van der Waals surface area contributed by atoms with Gasteiger partial charge >= 0.3 is 0 Å². The molecule has 2 amide bonds. The van der Waals surface area contributed by atoms with Crippen LogP contribution in [-0.4, -0.2) is 24.9 Å². The monoisotopic (exact) mass is 346 g/mol. The molecule has 106 valence electrons. The van der Waals surface area contributed by atoms with Gasteiger partial charge in [-0.2, -0.15) is 0 Å². The van der Waals surface area contributed by atoms with Crippen molar-refractivity contribution in [1.82, 2.24) is 10.6 Å². The third kappa shape index (κ3) is 4.62. The molecule has 0 spiro atoms. The molecule has 2 N–H and O–H groups in total. The summed E-state index contributed by atoms with van der Waals surface area (Å²) < 4.78 is 0.943. The second kappa shape index (κ2) is 7.05. The first-order valence-electron chi connectivity index (χ1n) is 6.13. The minimum absolute atomic E-state index is 0.158. The molecule has 1 unspecified atom stereocenters. The van der Waals surface area contributed by atoms with E-state index in [4.69, 9.17) is 0 Å². The second-order valence-electron chi connectivity index (χ2n) is 4.84. The molecule has 4 nitrogen and oxygen atoms in total. The maximum Gasteiger partial charge on any atom is 0.262 e. The van der Waals surface area contributed by atoms with Crippen LogP contribution in [-0.2, 0) is 4.79 Å². The Kier molecular flexibility index (Phi) is 6.00. The van der Waals surface area contributed by atoms with E-state index in [0.717, 1.165) is 9.35 Å². The smallest absolute Gasteiger partial charge is 0.262 e. The summed E-state index contributed by atoms with van der Waals surface area (Å²) in [5, 5.41) is 5.38. The first-order valence-corrected chi connectivity index (χ1v) is 7.74. The zero-order valence-corrected chi connectivity index (χ0v) is 13.9. The van der Waals surface area contributed by atoms with Crippen LogP contribution in [0.3, 0.4) is 0 Å². The van der Waals surface area contributed by atoms with Crippen molar-refractivity contribution in [3.8, 4) is 0 Å². The molecule has 0 saturated carbocycles. The van der Waals surface area contributed by atoms with Crippen molar-refractivity contribution in [2.45, 2.75) is 33.2 Å². The SMILES string of the molecule is CNC(=O)C(CC(C)C)NC(=O)c1cc(C)c(Br)s1. The second-order valence-corrected chi connectivity index (χ2v) is 7.21. The van der Waals surface area contributed by atoms with Crippen LogP contribution >= 0.6 is 27.3 Å². The lowest BCUT2D eigenvalue weighted by atomic mass is 10.0. The van der Waals surface area contributed by atoms with Gasteiger partial charge in [-0.25, -0.2) is 0 Å². The molecule has 0 radical (unpaired) electrons. The van der Waals surface area contributed by atoms with E-state index in [1.165, 1.54) is 11.3 Å². The maximum atomic E-state index is 12.1. The van der Waals surface area contributed by atoms with Gasteiger partial charge < -0.3 is 10.6 Å². The minimum Gasteiger partial charge on any atom is -0.357 e. The van der Waals surface area contributed by atoms with Gasteiger partial charge in [0, 0.05) is 7.05 Å². The Morgan fingerprint density at radius 2 is 2.05 bits per heavy atom. The Hall–Kier alpha value is -0.880. The number of rotatable bonds is 5. The molecule has 0 aliphatic carbocycles. The maximum absolute atomic E-state index is 12.1. The van der Waals surface area contributed by atoms with Crippen molar-refractivity contribution >= 4 is 39.1 Å². The van der Waals surface area contributed by atoms with Crippen molar-refractivity contribution in [2.24, 2.45) is 5.92 Å². The minimum atomic E-state index is -0.487. The zero-order chi connectivity index (χ0) is 14.6. The molecule has 0 aromatic carbocycles. The lowest BCUT2D eigenvalue weighted by Gasteiger charge is -2.18. The summed E-state index contributed by atoms with van der Waals surface area (Å²) in [6, 6.07) is 1.33. The van der Waals surface area contributed by atoms with Crippen LogP contribution in [0.2, 0.25) is 0 Å². The highest BCUT2D eigenvalue weighted by atomic mass is 79.9. The highest BCUT2D eigenvalue weighted by molar-refractivity contribution is 9.11. The molecule has 0 aliphatic heterocycles. The first kappa shape index (κ1) is 16.2. The molecule has 1 rings (SSSR count). The summed E-state index contributed by atoms with van der Waals surface area (Å²) in [6.45, 7) is 5.98. The molecule has 0 bridgehead atoms. The molecule has 0 saturated heterocycles. The quantitative estimate of drug-likeness (QED) is 0.861. The topological polar surface area (TPSA) is 58.2 Å². The third-order valence-corrected chi connectivity index (χ3v) is 4.79. The van der Waals surface area contributed by atoms with E-state index < -0.39 is 6.04 Å². The fourth-order valence-corrected chi connectivity index (χ4v) is 3.12. The molecule has 19 heavy (non-hydrogen) atoms. The van der Waals surface area contributed by atoms with Crippen LogP contribution in [0.4, 0.5) is 0 Å². The van der Waals surface area contributed by atoms with E-state index in [0.29, 0.717) is 17.2 Å². The van der Waals surface area contributed by atoms with Gasteiger partial charge in [-0.15, -0.1) is 11.3 Å². The molecular weight excluding hydrogens is 328 g/mol. The highest BCUT2D eigenvalue weighted by Gasteiger charge is 2.22. The first-order chi connectivity index (χ1) is 8.85. The zero-order valence-electron chi connectivity index (χ0n) is 11.5. The highest BCUT2D eigenvalue weighted by Crippen LogP contribution is 2.27. The number of hydrogen-bond donors (Lipinski definition) is 2. The van der Waals surface area contributed by atoms with Crippen LogP contribution in [0.15, 0.2) is 9.85 Å². The van der Waals surface area contributed by atoms with Gasteiger partial charge in [0.25, 0.3) is 5.91 Å². The van der Waals surface area contributed by atoms with E-state index in [2.05, 4.69) is 26.6 Å². The number of halogens is 1. The lowest BCUT2D eigenvalue weighted by molar-refractivity contribution is -0.122. The van der Waals surface area contributed by atoms with Crippen LogP contribution < -0.4 is 10.6 Å². The van der Waals surface area contributed by atoms with E-state index in [1.54, 1.807) is 7.05 Å². The number of thiophene rings is 1. The Labute approximate surface area is 126 Å². The van der Waals surface area contributed by atoms with E-state index in [-0.39, 0.29) is 11.8 Å². The average molecular weight is 347 g/mol. The molecule has 6 heteroatoms. The lowest BCUT2D eigenvalue weighted by Crippen LogP contribution is -2.46.